The van der Waals surface area contributed by atoms with Gasteiger partial charge in [0.15, 0.2) is 0 Å². The van der Waals surface area contributed by atoms with Gasteiger partial charge in [0.2, 0.25) is 0 Å². The van der Waals surface area contributed by atoms with Gasteiger partial charge < -0.3 is 4.57 Å². The van der Waals surface area contributed by atoms with Gasteiger partial charge in [-0.25, -0.2) is 0 Å². The molecule has 0 aromatic rings. The molecule has 0 spiro atoms. The van der Waals surface area contributed by atoms with E-state index in [2.05, 4.69) is 13.8 Å². The zero-order chi connectivity index (χ0) is 19.3. The van der Waals surface area contributed by atoms with E-state index in [4.69, 9.17) is 0 Å². The van der Waals surface area contributed by atoms with Crippen LogP contribution in [0.15, 0.2) is 0 Å². The molecule has 158 valence electrons. The summed E-state index contributed by atoms with van der Waals surface area (Å²) in [4.78, 5) is 0. The third-order valence-corrected chi connectivity index (χ3v) is 8.50. The molecule has 0 aliphatic rings. The molecule has 0 saturated carbocycles. The van der Waals surface area contributed by atoms with E-state index in [1.165, 1.54) is 122 Å². The fourth-order valence-electron chi connectivity index (χ4n) is 3.68. The first-order chi connectivity index (χ1) is 12.6. The fraction of sp³-hybridized carbons (Fsp3) is 1.00. The van der Waals surface area contributed by atoms with Crippen molar-refractivity contribution in [3.8, 4) is 0 Å². The highest BCUT2D eigenvalue weighted by Crippen LogP contribution is 2.41. The van der Waals surface area contributed by atoms with E-state index in [0.29, 0.717) is 0 Å². The zero-order valence-corrected chi connectivity index (χ0v) is 19.6. The van der Waals surface area contributed by atoms with Crippen LogP contribution in [0.25, 0.3) is 0 Å². The van der Waals surface area contributed by atoms with Gasteiger partial charge in [-0.15, -0.1) is 0 Å². The smallest absolute Gasteiger partial charge is 0.0845 e. The largest absolute Gasteiger partial charge is 0.324 e. The molecule has 0 fully saturated rings. The summed E-state index contributed by atoms with van der Waals surface area (Å²) in [6.07, 6.45) is 28.8. The van der Waals surface area contributed by atoms with Gasteiger partial charge in [-0.05, 0) is 19.2 Å². The number of unbranched alkanes of at least 4 members (excludes halogenated alkanes) is 18. The topological polar surface area (TPSA) is 17.1 Å². The highest BCUT2D eigenvalue weighted by molar-refractivity contribution is 7.63. The lowest BCUT2D eigenvalue weighted by atomic mass is 10.0. The van der Waals surface area contributed by atoms with Crippen LogP contribution in [-0.2, 0) is 4.57 Å². The molecule has 0 aromatic heterocycles. The van der Waals surface area contributed by atoms with E-state index in [1.54, 1.807) is 0 Å². The summed E-state index contributed by atoms with van der Waals surface area (Å²) < 4.78 is 12.0. The minimum absolute atomic E-state index is 0.881. The third-order valence-electron chi connectivity index (χ3n) is 5.90. The monoisotopic (exact) mass is 386 g/mol. The molecule has 0 bridgehead atoms. The Kier molecular flexibility index (Phi) is 20.2. The second-order valence-corrected chi connectivity index (χ2v) is 12.4. The summed E-state index contributed by atoms with van der Waals surface area (Å²) in [5.74, 6) is 0. The maximum atomic E-state index is 12.0. The van der Waals surface area contributed by atoms with Crippen molar-refractivity contribution in [2.75, 3.05) is 19.0 Å². The molecule has 0 heterocycles. The molecular formula is C24H51OP. The maximum absolute atomic E-state index is 12.0. The van der Waals surface area contributed by atoms with Gasteiger partial charge in [0, 0.05) is 6.16 Å². The SMILES string of the molecule is CCCCCCCCCCCCCCCCCCCCCP(C)(=O)CC. The van der Waals surface area contributed by atoms with Gasteiger partial charge in [-0.3, -0.25) is 0 Å². The maximum Gasteiger partial charge on any atom is 0.0845 e. The Morgan fingerprint density at radius 1 is 0.462 bits per heavy atom. The molecule has 0 aromatic carbocycles. The molecule has 0 rings (SSSR count). The lowest BCUT2D eigenvalue weighted by Crippen LogP contribution is -1.91. The molecule has 0 radical (unpaired) electrons. The average Bonchev–Trinajstić information content (AvgIpc) is 2.63. The standard InChI is InChI=1S/C24H51OP/c1-4-6-7-8-9-10-11-12-13-14-15-16-17-18-19-20-21-22-23-24-26(3,25)5-2/h4-24H2,1-3H3. The van der Waals surface area contributed by atoms with Crippen LogP contribution in [0.1, 0.15) is 136 Å². The van der Waals surface area contributed by atoms with Crippen LogP contribution >= 0.6 is 7.14 Å². The van der Waals surface area contributed by atoms with Crippen molar-refractivity contribution in [1.82, 2.24) is 0 Å². The van der Waals surface area contributed by atoms with E-state index in [9.17, 15) is 4.57 Å². The van der Waals surface area contributed by atoms with Crippen molar-refractivity contribution in [2.45, 2.75) is 136 Å². The summed E-state index contributed by atoms with van der Waals surface area (Å²) in [6, 6.07) is 0. The van der Waals surface area contributed by atoms with Crippen LogP contribution < -0.4 is 0 Å². The van der Waals surface area contributed by atoms with Crippen molar-refractivity contribution in [3.63, 3.8) is 0 Å². The Labute approximate surface area is 166 Å². The van der Waals surface area contributed by atoms with E-state index in [0.717, 1.165) is 12.3 Å². The third kappa shape index (κ3) is 20.5. The normalized spacial score (nSPS) is 13.8. The van der Waals surface area contributed by atoms with Crippen molar-refractivity contribution in [2.24, 2.45) is 0 Å². The number of hydrogen-bond donors (Lipinski definition) is 0. The molecule has 1 unspecified atom stereocenters. The van der Waals surface area contributed by atoms with Crippen LogP contribution in [-0.4, -0.2) is 19.0 Å². The van der Waals surface area contributed by atoms with Gasteiger partial charge in [-0.1, -0.05) is 129 Å². The second kappa shape index (κ2) is 20.0. The van der Waals surface area contributed by atoms with Gasteiger partial charge in [0.25, 0.3) is 0 Å². The lowest BCUT2D eigenvalue weighted by molar-refractivity contribution is 0.524. The Hall–Kier alpha value is 0.230. The van der Waals surface area contributed by atoms with Crippen LogP contribution in [0, 0.1) is 0 Å². The molecule has 0 N–H and O–H groups in total. The van der Waals surface area contributed by atoms with Gasteiger partial charge in [-0.2, -0.15) is 0 Å². The first kappa shape index (κ1) is 26.2. The molecule has 2 heteroatoms. The van der Waals surface area contributed by atoms with E-state index < -0.39 is 7.14 Å². The van der Waals surface area contributed by atoms with Crippen LogP contribution in [0.5, 0.6) is 0 Å². The van der Waals surface area contributed by atoms with Crippen LogP contribution in [0.3, 0.4) is 0 Å². The molecule has 1 nitrogen and oxygen atoms in total. The minimum atomic E-state index is -1.77. The fourth-order valence-corrected chi connectivity index (χ4v) is 4.89. The second-order valence-electron chi connectivity index (χ2n) is 8.70. The average molecular weight is 387 g/mol. The highest BCUT2D eigenvalue weighted by atomic mass is 31.2. The number of hydrogen-bond acceptors (Lipinski definition) is 1. The molecule has 26 heavy (non-hydrogen) atoms. The Morgan fingerprint density at radius 3 is 1.00 bits per heavy atom. The Morgan fingerprint density at radius 2 is 0.731 bits per heavy atom. The number of rotatable bonds is 21. The molecule has 1 atom stereocenters. The molecular weight excluding hydrogens is 335 g/mol. The summed E-state index contributed by atoms with van der Waals surface area (Å²) in [7, 11) is -1.77. The molecule has 0 amide bonds. The van der Waals surface area contributed by atoms with Gasteiger partial charge >= 0.3 is 0 Å². The molecule has 0 aliphatic heterocycles. The minimum Gasteiger partial charge on any atom is -0.324 e. The van der Waals surface area contributed by atoms with Crippen molar-refractivity contribution < 1.29 is 4.57 Å². The van der Waals surface area contributed by atoms with E-state index in [1.807, 2.05) is 6.66 Å². The van der Waals surface area contributed by atoms with Crippen molar-refractivity contribution in [3.05, 3.63) is 0 Å². The molecule has 0 aliphatic carbocycles. The van der Waals surface area contributed by atoms with Crippen molar-refractivity contribution >= 4 is 7.14 Å². The summed E-state index contributed by atoms with van der Waals surface area (Å²) in [5.41, 5.74) is 0. The van der Waals surface area contributed by atoms with Crippen LogP contribution in [0.4, 0.5) is 0 Å². The van der Waals surface area contributed by atoms with Gasteiger partial charge in [0.05, 0.1) is 7.14 Å². The summed E-state index contributed by atoms with van der Waals surface area (Å²) in [5, 5.41) is 0. The van der Waals surface area contributed by atoms with Crippen LogP contribution in [0.2, 0.25) is 0 Å². The van der Waals surface area contributed by atoms with Crippen molar-refractivity contribution in [1.29, 1.82) is 0 Å². The predicted octanol–water partition coefficient (Wildman–Crippen LogP) is 9.43. The first-order valence-corrected chi connectivity index (χ1v) is 14.7. The Bertz CT molecular complexity index is 313. The van der Waals surface area contributed by atoms with Gasteiger partial charge in [0.1, 0.15) is 0 Å². The summed E-state index contributed by atoms with van der Waals surface area (Å²) in [6.45, 7) is 6.33. The molecule has 0 saturated heterocycles. The van der Waals surface area contributed by atoms with E-state index >= 15 is 0 Å². The zero-order valence-electron chi connectivity index (χ0n) is 18.7. The first-order valence-electron chi connectivity index (χ1n) is 12.2. The highest BCUT2D eigenvalue weighted by Gasteiger charge is 2.10. The quantitative estimate of drug-likeness (QED) is 0.142. The predicted molar refractivity (Wildman–Crippen MR) is 122 cm³/mol. The lowest BCUT2D eigenvalue weighted by Gasteiger charge is -2.09. The Balaban J connectivity index is 3.06. The summed E-state index contributed by atoms with van der Waals surface area (Å²) >= 11 is 0. The van der Waals surface area contributed by atoms with E-state index in [-0.39, 0.29) is 0 Å².